The van der Waals surface area contributed by atoms with Crippen molar-refractivity contribution in [2.45, 2.75) is 30.6 Å². The Labute approximate surface area is 204 Å². The van der Waals surface area contributed by atoms with Crippen LogP contribution in [0.5, 0.6) is 0 Å². The van der Waals surface area contributed by atoms with Crippen molar-refractivity contribution in [3.63, 3.8) is 0 Å². The Kier molecular flexibility index (Phi) is 7.40. The van der Waals surface area contributed by atoms with Crippen LogP contribution in [-0.2, 0) is 18.5 Å². The highest BCUT2D eigenvalue weighted by molar-refractivity contribution is 7.98. The lowest BCUT2D eigenvalue weighted by atomic mass is 10.1. The number of rotatable bonds is 7. The van der Waals surface area contributed by atoms with Gasteiger partial charge < -0.3 is 10.6 Å². The molecular weight excluding hydrogens is 475 g/mol. The topological polar surface area (TPSA) is 71.8 Å². The molecular formula is C25H22F3N5OS. The van der Waals surface area contributed by atoms with Gasteiger partial charge >= 0.3 is 12.2 Å². The van der Waals surface area contributed by atoms with E-state index in [1.54, 1.807) is 0 Å². The van der Waals surface area contributed by atoms with Gasteiger partial charge in [-0.15, -0.1) is 10.2 Å². The average Bonchev–Trinajstić information content (AvgIpc) is 3.25. The largest absolute Gasteiger partial charge is 0.418 e. The summed E-state index contributed by atoms with van der Waals surface area (Å²) in [5, 5.41) is 14.0. The molecule has 0 aliphatic carbocycles. The zero-order valence-corrected chi connectivity index (χ0v) is 19.5. The zero-order chi connectivity index (χ0) is 24.8. The molecule has 2 amide bonds. The molecule has 0 atom stereocenters. The summed E-state index contributed by atoms with van der Waals surface area (Å²) < 4.78 is 41.5. The number of para-hydroxylation sites is 1. The van der Waals surface area contributed by atoms with Crippen LogP contribution in [0.1, 0.15) is 22.5 Å². The summed E-state index contributed by atoms with van der Waals surface area (Å²) in [6.07, 6.45) is -4.58. The molecule has 1 aromatic heterocycles. The van der Waals surface area contributed by atoms with Crippen molar-refractivity contribution in [1.29, 1.82) is 0 Å². The molecule has 4 rings (SSSR count). The van der Waals surface area contributed by atoms with Gasteiger partial charge in [0.05, 0.1) is 17.8 Å². The number of aryl methyl sites for hydroxylation is 1. The number of nitrogens with one attached hydrogen (secondary N) is 2. The maximum Gasteiger partial charge on any atom is 0.418 e. The van der Waals surface area contributed by atoms with Gasteiger partial charge in [-0.3, -0.25) is 4.57 Å². The first-order valence-electron chi connectivity index (χ1n) is 10.7. The van der Waals surface area contributed by atoms with E-state index in [4.69, 9.17) is 0 Å². The quantitative estimate of drug-likeness (QED) is 0.298. The monoisotopic (exact) mass is 497 g/mol. The molecule has 3 aromatic carbocycles. The third-order valence-corrected chi connectivity index (χ3v) is 6.09. The SMILES string of the molecule is Cc1ccc(-n2c(CNC(=O)Nc3ccccc3C(F)(F)F)nnc2SCc2ccccc2)cc1. The van der Waals surface area contributed by atoms with Crippen LogP contribution in [0.3, 0.4) is 0 Å². The van der Waals surface area contributed by atoms with Crippen LogP contribution in [0.2, 0.25) is 0 Å². The minimum absolute atomic E-state index is 0.0349. The van der Waals surface area contributed by atoms with Crippen LogP contribution in [0.15, 0.2) is 84.0 Å². The molecule has 6 nitrogen and oxygen atoms in total. The van der Waals surface area contributed by atoms with Crippen LogP contribution in [0, 0.1) is 6.92 Å². The highest BCUT2D eigenvalue weighted by Crippen LogP contribution is 2.34. The van der Waals surface area contributed by atoms with E-state index in [1.165, 1.54) is 30.0 Å². The van der Waals surface area contributed by atoms with Gasteiger partial charge in [0.2, 0.25) is 0 Å². The Morgan fingerprint density at radius 3 is 2.34 bits per heavy atom. The molecule has 0 saturated heterocycles. The van der Waals surface area contributed by atoms with Crippen molar-refractivity contribution >= 4 is 23.5 Å². The molecule has 180 valence electrons. The summed E-state index contributed by atoms with van der Waals surface area (Å²) in [6.45, 7) is 1.94. The second-order valence-electron chi connectivity index (χ2n) is 7.70. The van der Waals surface area contributed by atoms with Crippen molar-refractivity contribution in [3.05, 3.63) is 101 Å². The van der Waals surface area contributed by atoms with Crippen molar-refractivity contribution in [1.82, 2.24) is 20.1 Å². The van der Waals surface area contributed by atoms with Crippen molar-refractivity contribution in [3.8, 4) is 5.69 Å². The normalized spacial score (nSPS) is 11.3. The summed E-state index contributed by atoms with van der Waals surface area (Å²) >= 11 is 1.50. The van der Waals surface area contributed by atoms with Crippen molar-refractivity contribution in [2.75, 3.05) is 5.32 Å². The van der Waals surface area contributed by atoms with Crippen LogP contribution in [0.4, 0.5) is 23.7 Å². The number of carbonyl (C=O) groups excluding carboxylic acids is 1. The number of carbonyl (C=O) groups is 1. The van der Waals surface area contributed by atoms with Gasteiger partial charge in [0.15, 0.2) is 11.0 Å². The number of halogens is 3. The second-order valence-corrected chi connectivity index (χ2v) is 8.64. The summed E-state index contributed by atoms with van der Waals surface area (Å²) in [4.78, 5) is 12.4. The number of hydrogen-bond acceptors (Lipinski definition) is 4. The van der Waals surface area contributed by atoms with Gasteiger partial charge in [-0.1, -0.05) is 71.9 Å². The first-order chi connectivity index (χ1) is 16.8. The molecule has 10 heteroatoms. The van der Waals surface area contributed by atoms with E-state index in [0.29, 0.717) is 16.7 Å². The van der Waals surface area contributed by atoms with Crippen LogP contribution in [0.25, 0.3) is 5.69 Å². The van der Waals surface area contributed by atoms with Crippen LogP contribution in [-0.4, -0.2) is 20.8 Å². The Hall–Kier alpha value is -3.79. The minimum Gasteiger partial charge on any atom is -0.331 e. The van der Waals surface area contributed by atoms with Crippen molar-refractivity contribution < 1.29 is 18.0 Å². The zero-order valence-electron chi connectivity index (χ0n) is 18.7. The molecule has 0 unspecified atom stereocenters. The Balaban J connectivity index is 1.52. The van der Waals surface area contributed by atoms with E-state index in [0.717, 1.165) is 22.9 Å². The Morgan fingerprint density at radius 2 is 1.63 bits per heavy atom. The molecule has 35 heavy (non-hydrogen) atoms. The minimum atomic E-state index is -4.58. The summed E-state index contributed by atoms with van der Waals surface area (Å²) in [5.41, 5.74) is 1.78. The van der Waals surface area contributed by atoms with E-state index < -0.39 is 17.8 Å². The summed E-state index contributed by atoms with van der Waals surface area (Å²) in [7, 11) is 0. The fourth-order valence-corrected chi connectivity index (χ4v) is 4.28. The van der Waals surface area contributed by atoms with Crippen LogP contribution < -0.4 is 10.6 Å². The lowest BCUT2D eigenvalue weighted by Gasteiger charge is -2.14. The van der Waals surface area contributed by atoms with E-state index in [2.05, 4.69) is 20.8 Å². The van der Waals surface area contributed by atoms with Crippen molar-refractivity contribution in [2.24, 2.45) is 0 Å². The number of aromatic nitrogens is 3. The molecule has 0 saturated carbocycles. The van der Waals surface area contributed by atoms with E-state index in [-0.39, 0.29) is 12.2 Å². The number of thioether (sulfide) groups is 1. The standard InChI is InChI=1S/C25H22F3N5OS/c1-17-11-13-19(14-12-17)33-22(31-32-24(33)35-16-18-7-3-2-4-8-18)15-29-23(34)30-21-10-6-5-9-20(21)25(26,27)28/h2-14H,15-16H2,1H3,(H2,29,30,34). The highest BCUT2D eigenvalue weighted by atomic mass is 32.2. The van der Waals surface area contributed by atoms with Gasteiger partial charge in [0, 0.05) is 11.4 Å². The van der Waals surface area contributed by atoms with E-state index in [9.17, 15) is 18.0 Å². The van der Waals surface area contributed by atoms with Crippen LogP contribution >= 0.6 is 11.8 Å². The summed E-state index contributed by atoms with van der Waals surface area (Å²) in [6, 6.07) is 21.7. The number of hydrogen-bond donors (Lipinski definition) is 2. The molecule has 0 spiro atoms. The summed E-state index contributed by atoms with van der Waals surface area (Å²) in [5.74, 6) is 1.12. The fourth-order valence-electron chi connectivity index (χ4n) is 3.35. The maximum absolute atomic E-state index is 13.2. The number of alkyl halides is 3. The molecule has 0 fully saturated rings. The predicted octanol–water partition coefficient (Wildman–Crippen LogP) is 6.21. The molecule has 0 aliphatic heterocycles. The Bertz CT molecular complexity index is 1290. The molecule has 2 N–H and O–H groups in total. The number of benzene rings is 3. The fraction of sp³-hybridized carbons (Fsp3) is 0.160. The van der Waals surface area contributed by atoms with E-state index >= 15 is 0 Å². The lowest BCUT2D eigenvalue weighted by molar-refractivity contribution is -0.136. The maximum atomic E-state index is 13.2. The number of urea groups is 1. The third kappa shape index (κ3) is 6.21. The predicted molar refractivity (Wildman–Crippen MR) is 129 cm³/mol. The first-order valence-corrected chi connectivity index (χ1v) is 11.7. The van der Waals surface area contributed by atoms with Gasteiger partial charge in [-0.05, 0) is 36.8 Å². The average molecular weight is 498 g/mol. The van der Waals surface area contributed by atoms with Gasteiger partial charge in [-0.25, -0.2) is 4.79 Å². The molecule has 0 radical (unpaired) electrons. The first kappa shape index (κ1) is 24.3. The second kappa shape index (κ2) is 10.6. The van der Waals surface area contributed by atoms with Gasteiger partial charge in [-0.2, -0.15) is 13.2 Å². The molecule has 0 bridgehead atoms. The van der Waals surface area contributed by atoms with Gasteiger partial charge in [0.25, 0.3) is 0 Å². The third-order valence-electron chi connectivity index (χ3n) is 5.09. The van der Waals surface area contributed by atoms with E-state index in [1.807, 2.05) is 66.1 Å². The number of nitrogens with zero attached hydrogens (tertiary/aromatic N) is 3. The highest BCUT2D eigenvalue weighted by Gasteiger charge is 2.33. The molecule has 4 aromatic rings. The van der Waals surface area contributed by atoms with Gasteiger partial charge in [0.1, 0.15) is 0 Å². The Morgan fingerprint density at radius 1 is 0.943 bits per heavy atom. The lowest BCUT2D eigenvalue weighted by Crippen LogP contribution is -2.30. The molecule has 1 heterocycles. The number of anilines is 1. The molecule has 0 aliphatic rings. The smallest absolute Gasteiger partial charge is 0.331 e. The number of amides is 2.